The van der Waals surface area contributed by atoms with Crippen molar-refractivity contribution in [1.29, 1.82) is 0 Å². The van der Waals surface area contributed by atoms with Gasteiger partial charge in [0.2, 0.25) is 0 Å². The molecule has 1 saturated heterocycles. The quantitative estimate of drug-likeness (QED) is 0.719. The number of aromatic nitrogens is 1. The molecule has 2 amide bonds. The van der Waals surface area contributed by atoms with Crippen LogP contribution in [0.4, 0.5) is 4.79 Å². The summed E-state index contributed by atoms with van der Waals surface area (Å²) in [5.41, 5.74) is 10.2. The van der Waals surface area contributed by atoms with E-state index in [1.54, 1.807) is 28.0 Å². The molecule has 2 aromatic rings. The zero-order valence-corrected chi connectivity index (χ0v) is 18.6. The van der Waals surface area contributed by atoms with Crippen LogP contribution in [-0.4, -0.2) is 53.0 Å². The molecule has 2 aliphatic heterocycles. The van der Waals surface area contributed by atoms with Crippen LogP contribution in [0.3, 0.4) is 0 Å². The number of aryl methyl sites for hydroxylation is 1. The number of hydrogen-bond acceptors (Lipinski definition) is 5. The number of fused-ring (bicyclic) bond motifs is 1. The first kappa shape index (κ1) is 22.6. The number of amides is 2. The molecule has 10 heteroatoms. The number of halogens is 3. The van der Waals surface area contributed by atoms with Gasteiger partial charge in [0.1, 0.15) is 6.61 Å². The second kappa shape index (κ2) is 8.98. The Morgan fingerprint density at radius 3 is 2.53 bits per heavy atom. The fraction of sp³-hybridized carbons (Fsp3) is 0.350. The summed E-state index contributed by atoms with van der Waals surface area (Å²) >= 11 is 12.5. The van der Waals surface area contributed by atoms with E-state index in [1.807, 2.05) is 6.92 Å². The average Bonchev–Trinajstić information content (AvgIpc) is 3.22. The summed E-state index contributed by atoms with van der Waals surface area (Å²) < 4.78 is 4.95. The maximum Gasteiger partial charge on any atom is 0.409 e. The molecule has 1 fully saturated rings. The number of carbonyl (C=O) groups is 2. The summed E-state index contributed by atoms with van der Waals surface area (Å²) in [4.78, 5) is 32.9. The zero-order chi connectivity index (χ0) is 20.7. The number of pyridine rings is 1. The number of nitrogens with two attached hydrogens (primary N) is 1. The van der Waals surface area contributed by atoms with Crippen LogP contribution in [0.15, 0.2) is 18.2 Å². The molecule has 3 heterocycles. The molecular formula is C20H21Cl3N4O3. The van der Waals surface area contributed by atoms with Crippen molar-refractivity contribution in [3.05, 3.63) is 50.8 Å². The van der Waals surface area contributed by atoms with Crippen LogP contribution < -0.4 is 5.73 Å². The van der Waals surface area contributed by atoms with Crippen molar-refractivity contribution in [3.8, 4) is 11.1 Å². The lowest BCUT2D eigenvalue weighted by Gasteiger charge is -2.19. The van der Waals surface area contributed by atoms with Gasteiger partial charge in [0.25, 0.3) is 5.91 Å². The van der Waals surface area contributed by atoms with Gasteiger partial charge in [-0.3, -0.25) is 9.78 Å². The Labute approximate surface area is 190 Å². The highest BCUT2D eigenvalue weighted by molar-refractivity contribution is 6.36. The monoisotopic (exact) mass is 470 g/mol. The molecule has 2 aliphatic rings. The number of rotatable bonds is 5. The summed E-state index contributed by atoms with van der Waals surface area (Å²) in [6.07, 6.45) is -0.345. The fourth-order valence-corrected chi connectivity index (χ4v) is 4.35. The average molecular weight is 472 g/mol. The molecule has 1 aromatic heterocycles. The van der Waals surface area contributed by atoms with Gasteiger partial charge in [0.05, 0.1) is 24.3 Å². The van der Waals surface area contributed by atoms with Gasteiger partial charge in [-0.05, 0) is 24.6 Å². The van der Waals surface area contributed by atoms with Crippen molar-refractivity contribution in [2.24, 2.45) is 5.73 Å². The van der Waals surface area contributed by atoms with E-state index in [0.717, 1.165) is 11.3 Å². The number of nitrogens with zero attached hydrogens (tertiary/aromatic N) is 3. The van der Waals surface area contributed by atoms with Gasteiger partial charge in [-0.1, -0.05) is 29.3 Å². The van der Waals surface area contributed by atoms with Crippen LogP contribution in [0, 0.1) is 6.92 Å². The highest BCUT2D eigenvalue weighted by Crippen LogP contribution is 2.39. The lowest BCUT2D eigenvalue weighted by Crippen LogP contribution is -2.35. The third-order valence-electron chi connectivity index (χ3n) is 5.31. The third-order valence-corrected chi connectivity index (χ3v) is 5.86. The molecule has 1 aromatic carbocycles. The molecule has 160 valence electrons. The van der Waals surface area contributed by atoms with E-state index in [-0.39, 0.29) is 31.0 Å². The summed E-state index contributed by atoms with van der Waals surface area (Å²) in [6, 6.07) is 5.19. The van der Waals surface area contributed by atoms with E-state index in [0.29, 0.717) is 65.2 Å². The van der Waals surface area contributed by atoms with E-state index in [2.05, 4.69) is 4.98 Å². The first-order valence-electron chi connectivity index (χ1n) is 9.29. The molecule has 4 rings (SSSR count). The molecule has 7 nitrogen and oxygen atoms in total. The summed E-state index contributed by atoms with van der Waals surface area (Å²) in [6.45, 7) is 4.21. The first-order chi connectivity index (χ1) is 13.9. The fourth-order valence-electron chi connectivity index (χ4n) is 3.85. The minimum absolute atomic E-state index is 0. The largest absolute Gasteiger partial charge is 0.448 e. The van der Waals surface area contributed by atoms with Crippen LogP contribution >= 0.6 is 35.6 Å². The predicted octanol–water partition coefficient (Wildman–Crippen LogP) is 3.65. The Bertz CT molecular complexity index is 1020. The SMILES string of the molecule is Cc1nc2c(c(-c3ccc(Cl)cc3Cl)c1CN)C(=O)N(CCN1CCOC1=O)C2.Cl. The Kier molecular flexibility index (Phi) is 6.77. The number of carbonyl (C=O) groups excluding carboxylic acids is 2. The molecule has 0 aliphatic carbocycles. The van der Waals surface area contributed by atoms with Gasteiger partial charge in [-0.25, -0.2) is 4.79 Å². The third kappa shape index (κ3) is 3.95. The zero-order valence-electron chi connectivity index (χ0n) is 16.3. The molecule has 0 radical (unpaired) electrons. The Balaban J connectivity index is 0.00000256. The molecule has 30 heavy (non-hydrogen) atoms. The van der Waals surface area contributed by atoms with E-state index in [9.17, 15) is 9.59 Å². The van der Waals surface area contributed by atoms with Crippen LogP contribution in [0.2, 0.25) is 10.0 Å². The van der Waals surface area contributed by atoms with Crippen molar-refractivity contribution < 1.29 is 14.3 Å². The van der Waals surface area contributed by atoms with Crippen LogP contribution in [0.25, 0.3) is 11.1 Å². The van der Waals surface area contributed by atoms with Crippen molar-refractivity contribution in [3.63, 3.8) is 0 Å². The van der Waals surface area contributed by atoms with E-state index < -0.39 is 0 Å². The van der Waals surface area contributed by atoms with Gasteiger partial charge in [0, 0.05) is 46.5 Å². The summed E-state index contributed by atoms with van der Waals surface area (Å²) in [5.74, 6) is -0.143. The van der Waals surface area contributed by atoms with Gasteiger partial charge in [-0.2, -0.15) is 0 Å². The minimum Gasteiger partial charge on any atom is -0.448 e. The Hall–Kier alpha value is -2.06. The van der Waals surface area contributed by atoms with Gasteiger partial charge in [-0.15, -0.1) is 12.4 Å². The second-order valence-corrected chi connectivity index (χ2v) is 7.87. The molecule has 0 atom stereocenters. The van der Waals surface area contributed by atoms with Crippen molar-refractivity contribution in [2.45, 2.75) is 20.0 Å². The Morgan fingerprint density at radius 1 is 1.17 bits per heavy atom. The van der Waals surface area contributed by atoms with Crippen LogP contribution in [0.5, 0.6) is 0 Å². The molecule has 0 saturated carbocycles. The second-order valence-electron chi connectivity index (χ2n) is 7.03. The maximum atomic E-state index is 13.3. The highest BCUT2D eigenvalue weighted by Gasteiger charge is 2.35. The number of hydrogen-bond donors (Lipinski definition) is 1. The van der Waals surface area contributed by atoms with Crippen molar-refractivity contribution in [2.75, 3.05) is 26.2 Å². The molecule has 2 N–H and O–H groups in total. The molecular weight excluding hydrogens is 451 g/mol. The number of cyclic esters (lactones) is 1. The predicted molar refractivity (Wildman–Crippen MR) is 117 cm³/mol. The lowest BCUT2D eigenvalue weighted by atomic mass is 9.93. The molecule has 0 spiro atoms. The molecule has 0 unspecified atom stereocenters. The summed E-state index contributed by atoms with van der Waals surface area (Å²) in [7, 11) is 0. The highest BCUT2D eigenvalue weighted by atomic mass is 35.5. The minimum atomic E-state index is -0.345. The van der Waals surface area contributed by atoms with Crippen molar-refractivity contribution in [1.82, 2.24) is 14.8 Å². The maximum absolute atomic E-state index is 13.3. The number of benzene rings is 1. The topological polar surface area (TPSA) is 88.8 Å². The van der Waals surface area contributed by atoms with E-state index in [4.69, 9.17) is 33.7 Å². The lowest BCUT2D eigenvalue weighted by molar-refractivity contribution is 0.0764. The van der Waals surface area contributed by atoms with Gasteiger partial charge in [0.15, 0.2) is 0 Å². The standard InChI is InChI=1S/C20H20Cl2N4O3.ClH/c1-11-14(9-23)17(13-3-2-12(21)8-15(13)22)18-16(24-11)10-26(19(18)27)5-4-25-6-7-29-20(25)28;/h2-3,8H,4-7,9-10,23H2,1H3;1H. The molecule has 0 bridgehead atoms. The van der Waals surface area contributed by atoms with Gasteiger partial charge >= 0.3 is 6.09 Å². The van der Waals surface area contributed by atoms with Crippen LogP contribution in [0.1, 0.15) is 27.3 Å². The number of ether oxygens (including phenoxy) is 1. The Morgan fingerprint density at radius 2 is 1.90 bits per heavy atom. The first-order valence-corrected chi connectivity index (χ1v) is 10.0. The summed E-state index contributed by atoms with van der Waals surface area (Å²) in [5, 5.41) is 0.965. The van der Waals surface area contributed by atoms with E-state index in [1.165, 1.54) is 0 Å². The van der Waals surface area contributed by atoms with Crippen LogP contribution in [-0.2, 0) is 17.8 Å². The van der Waals surface area contributed by atoms with E-state index >= 15 is 0 Å². The normalized spacial score (nSPS) is 15.3. The van der Waals surface area contributed by atoms with Gasteiger partial charge < -0.3 is 20.3 Å². The van der Waals surface area contributed by atoms with Crippen molar-refractivity contribution >= 4 is 47.6 Å². The smallest absolute Gasteiger partial charge is 0.409 e.